The fourth-order valence-electron chi connectivity index (χ4n) is 7.09. The van der Waals surface area contributed by atoms with E-state index in [2.05, 4.69) is 136 Å². The van der Waals surface area contributed by atoms with E-state index in [0.29, 0.717) is 0 Å². The maximum absolute atomic E-state index is 6.44. The average molecular weight is 550 g/mol. The molecule has 10 rings (SSSR count). The number of aromatic nitrogens is 3. The van der Waals surface area contributed by atoms with Crippen LogP contribution in [0.25, 0.3) is 88.1 Å². The van der Waals surface area contributed by atoms with E-state index in [1.54, 1.807) is 0 Å². The Morgan fingerprint density at radius 1 is 0.488 bits per heavy atom. The predicted molar refractivity (Wildman–Crippen MR) is 177 cm³/mol. The summed E-state index contributed by atoms with van der Waals surface area (Å²) in [6, 6.07) is 49.3. The van der Waals surface area contributed by atoms with E-state index in [0.717, 1.165) is 77.4 Å². The molecule has 4 heteroatoms. The first kappa shape index (κ1) is 22.8. The highest BCUT2D eigenvalue weighted by Crippen LogP contribution is 2.45. The molecule has 0 aliphatic heterocycles. The van der Waals surface area contributed by atoms with E-state index in [4.69, 9.17) is 9.40 Å². The van der Waals surface area contributed by atoms with Crippen molar-refractivity contribution in [3.63, 3.8) is 0 Å². The summed E-state index contributed by atoms with van der Waals surface area (Å²) < 4.78 is 11.2. The molecule has 0 radical (unpaired) electrons. The van der Waals surface area contributed by atoms with Gasteiger partial charge >= 0.3 is 0 Å². The van der Waals surface area contributed by atoms with Gasteiger partial charge in [0, 0.05) is 27.2 Å². The highest BCUT2D eigenvalue weighted by molar-refractivity contribution is 6.28. The quantitative estimate of drug-likeness (QED) is 0.215. The van der Waals surface area contributed by atoms with Gasteiger partial charge in [-0.3, -0.25) is 4.40 Å². The molecule has 43 heavy (non-hydrogen) atoms. The van der Waals surface area contributed by atoms with Gasteiger partial charge in [-0.05, 0) is 59.5 Å². The molecule has 0 atom stereocenters. The Hall–Kier alpha value is -5.87. The zero-order valence-corrected chi connectivity index (χ0v) is 23.0. The molecule has 0 aliphatic carbocycles. The molecule has 4 nitrogen and oxygen atoms in total. The second-order valence-electron chi connectivity index (χ2n) is 11.2. The number of imidazole rings is 1. The lowest BCUT2D eigenvalue weighted by molar-refractivity contribution is 0.669. The van der Waals surface area contributed by atoms with Crippen molar-refractivity contribution in [2.45, 2.75) is 0 Å². The molecule has 6 aromatic carbocycles. The van der Waals surface area contributed by atoms with Crippen LogP contribution in [0.4, 0.5) is 0 Å². The Bertz CT molecular complexity index is 2710. The fraction of sp³-hybridized carbons (Fsp3) is 0. The van der Waals surface area contributed by atoms with Crippen LogP contribution in [-0.2, 0) is 0 Å². The molecule has 0 bridgehead atoms. The molecule has 0 amide bonds. The van der Waals surface area contributed by atoms with Crippen LogP contribution in [0.15, 0.2) is 144 Å². The lowest BCUT2D eigenvalue weighted by Crippen LogP contribution is -1.97. The molecule has 4 heterocycles. The average Bonchev–Trinajstić information content (AvgIpc) is 3.71. The first-order chi connectivity index (χ1) is 21.3. The summed E-state index contributed by atoms with van der Waals surface area (Å²) in [6.45, 7) is 0. The van der Waals surface area contributed by atoms with E-state index in [9.17, 15) is 0 Å². The van der Waals surface area contributed by atoms with E-state index in [-0.39, 0.29) is 0 Å². The predicted octanol–water partition coefficient (Wildman–Crippen LogP) is 10.3. The van der Waals surface area contributed by atoms with Gasteiger partial charge in [-0.15, -0.1) is 0 Å². The van der Waals surface area contributed by atoms with Gasteiger partial charge in [0.05, 0.1) is 33.1 Å². The summed E-state index contributed by atoms with van der Waals surface area (Å²) in [7, 11) is 0. The molecular weight excluding hydrogens is 526 g/mol. The molecule has 10 aromatic rings. The van der Waals surface area contributed by atoms with Crippen molar-refractivity contribution >= 4 is 71.2 Å². The van der Waals surface area contributed by atoms with Gasteiger partial charge in [-0.1, -0.05) is 91.0 Å². The van der Waals surface area contributed by atoms with Crippen molar-refractivity contribution in [2.75, 3.05) is 0 Å². The van der Waals surface area contributed by atoms with Crippen molar-refractivity contribution in [2.24, 2.45) is 0 Å². The van der Waals surface area contributed by atoms with Gasteiger partial charge in [-0.25, -0.2) is 4.98 Å². The largest absolute Gasteiger partial charge is 0.456 e. The smallest absolute Gasteiger partial charge is 0.148 e. The zero-order chi connectivity index (χ0) is 28.1. The molecule has 0 spiro atoms. The van der Waals surface area contributed by atoms with Gasteiger partial charge in [0.1, 0.15) is 16.8 Å². The highest BCUT2D eigenvalue weighted by Gasteiger charge is 2.24. The standard InChI is InChI=1S/C39H23N3O/c1-3-12-24(13-4-1)38-37-36-27(17-11-20-32(36)41(38)25-14-5-2-6-15-25)28-23-35-29(26-16-7-10-21-34(26)43-35)22-33(28)42-31-19-9-8-18-30(31)40-39(37)42/h1-23H. The van der Waals surface area contributed by atoms with E-state index < -0.39 is 0 Å². The Morgan fingerprint density at radius 3 is 2.09 bits per heavy atom. The minimum atomic E-state index is 0.886. The maximum atomic E-state index is 6.44. The normalized spacial score (nSPS) is 12.2. The zero-order valence-electron chi connectivity index (χ0n) is 23.0. The second kappa shape index (κ2) is 8.34. The number of hydrogen-bond donors (Lipinski definition) is 0. The third-order valence-corrected chi connectivity index (χ3v) is 8.87. The fourth-order valence-corrected chi connectivity index (χ4v) is 7.09. The molecule has 0 fully saturated rings. The lowest BCUT2D eigenvalue weighted by Gasteiger charge is -2.12. The first-order valence-electron chi connectivity index (χ1n) is 14.6. The van der Waals surface area contributed by atoms with Crippen LogP contribution in [-0.4, -0.2) is 14.0 Å². The van der Waals surface area contributed by atoms with Crippen LogP contribution in [0.1, 0.15) is 0 Å². The molecule has 0 saturated heterocycles. The topological polar surface area (TPSA) is 35.4 Å². The molecule has 200 valence electrons. The van der Waals surface area contributed by atoms with Gasteiger partial charge in [0.25, 0.3) is 0 Å². The molecule has 4 aromatic heterocycles. The summed E-state index contributed by atoms with van der Waals surface area (Å²) in [5.41, 5.74) is 10.4. The maximum Gasteiger partial charge on any atom is 0.148 e. The number of nitrogens with zero attached hydrogens (tertiary/aromatic N) is 3. The third-order valence-electron chi connectivity index (χ3n) is 8.87. The highest BCUT2D eigenvalue weighted by atomic mass is 16.3. The van der Waals surface area contributed by atoms with Crippen LogP contribution < -0.4 is 0 Å². The molecule has 0 unspecified atom stereocenters. The number of furan rings is 1. The Balaban J connectivity index is 1.56. The second-order valence-corrected chi connectivity index (χ2v) is 11.2. The summed E-state index contributed by atoms with van der Waals surface area (Å²) in [5, 5.41) is 6.85. The van der Waals surface area contributed by atoms with Crippen molar-refractivity contribution in [3.8, 4) is 16.9 Å². The Labute approximate surface area is 245 Å². The van der Waals surface area contributed by atoms with Crippen molar-refractivity contribution in [1.29, 1.82) is 0 Å². The van der Waals surface area contributed by atoms with Crippen LogP contribution in [0, 0.1) is 0 Å². The summed E-state index contributed by atoms with van der Waals surface area (Å²) in [4.78, 5) is 5.39. The van der Waals surface area contributed by atoms with Crippen LogP contribution in [0.5, 0.6) is 0 Å². The number of para-hydroxylation sites is 4. The minimum Gasteiger partial charge on any atom is -0.456 e. The third kappa shape index (κ3) is 3.02. The van der Waals surface area contributed by atoms with Crippen molar-refractivity contribution < 1.29 is 4.42 Å². The van der Waals surface area contributed by atoms with Crippen LogP contribution in [0.2, 0.25) is 0 Å². The SMILES string of the molecule is c1ccc(-c2c3c4c(cccc4n2-c2ccccc2)c2cc4oc5ccccc5c4cc2n2c4ccccc4nc32)cc1. The Morgan fingerprint density at radius 2 is 1.21 bits per heavy atom. The number of fused-ring (bicyclic) bond motifs is 10. The van der Waals surface area contributed by atoms with E-state index in [1.165, 1.54) is 10.8 Å². The number of hydrogen-bond acceptors (Lipinski definition) is 2. The molecule has 0 N–H and O–H groups in total. The summed E-state index contributed by atoms with van der Waals surface area (Å²) in [6.07, 6.45) is 0. The monoisotopic (exact) mass is 549 g/mol. The number of rotatable bonds is 2. The van der Waals surface area contributed by atoms with E-state index >= 15 is 0 Å². The molecular formula is C39H23N3O. The van der Waals surface area contributed by atoms with Crippen LogP contribution >= 0.6 is 0 Å². The van der Waals surface area contributed by atoms with Crippen molar-refractivity contribution in [1.82, 2.24) is 14.0 Å². The summed E-state index contributed by atoms with van der Waals surface area (Å²) in [5.74, 6) is 0. The van der Waals surface area contributed by atoms with Crippen molar-refractivity contribution in [3.05, 3.63) is 140 Å². The van der Waals surface area contributed by atoms with Gasteiger partial charge in [0.15, 0.2) is 0 Å². The van der Waals surface area contributed by atoms with Crippen LogP contribution in [0.3, 0.4) is 0 Å². The van der Waals surface area contributed by atoms with E-state index in [1.807, 2.05) is 12.1 Å². The number of benzene rings is 6. The summed E-state index contributed by atoms with van der Waals surface area (Å²) >= 11 is 0. The van der Waals surface area contributed by atoms with Gasteiger partial charge in [0.2, 0.25) is 0 Å². The lowest BCUT2D eigenvalue weighted by atomic mass is 10.0. The molecule has 0 aliphatic rings. The van der Waals surface area contributed by atoms with Gasteiger partial charge in [-0.2, -0.15) is 0 Å². The molecule has 0 saturated carbocycles. The first-order valence-corrected chi connectivity index (χ1v) is 14.6. The Kier molecular flexibility index (Phi) is 4.42. The van der Waals surface area contributed by atoms with Gasteiger partial charge < -0.3 is 8.98 Å². The minimum absolute atomic E-state index is 0.886.